The van der Waals surface area contributed by atoms with Gasteiger partial charge in [-0.05, 0) is 49.9 Å². The first-order chi connectivity index (χ1) is 11.1. The first-order valence-corrected chi connectivity index (χ1v) is 11.2. The van der Waals surface area contributed by atoms with Crippen molar-refractivity contribution in [2.75, 3.05) is 31.9 Å². The van der Waals surface area contributed by atoms with E-state index < -0.39 is 20.0 Å². The van der Waals surface area contributed by atoms with Crippen LogP contribution in [0.4, 0.5) is 0 Å². The lowest BCUT2D eigenvalue weighted by Gasteiger charge is -2.33. The van der Waals surface area contributed by atoms with Crippen LogP contribution in [-0.2, 0) is 20.0 Å². The average molecular weight is 375 g/mol. The molecule has 1 aromatic rings. The summed E-state index contributed by atoms with van der Waals surface area (Å²) in [6.45, 7) is 8.27. The van der Waals surface area contributed by atoms with Crippen LogP contribution in [0.15, 0.2) is 17.0 Å². The summed E-state index contributed by atoms with van der Waals surface area (Å²) in [5.74, 6) is 0.107. The molecular weight excluding hydrogens is 348 g/mol. The second kappa shape index (κ2) is 7.11. The topological polar surface area (TPSA) is 74.8 Å². The van der Waals surface area contributed by atoms with Crippen molar-refractivity contribution >= 4 is 20.0 Å². The predicted octanol–water partition coefficient (Wildman–Crippen LogP) is 1.66. The lowest BCUT2D eigenvalue weighted by Crippen LogP contribution is -2.51. The molecule has 8 heteroatoms. The van der Waals surface area contributed by atoms with Crippen LogP contribution < -0.4 is 0 Å². The molecule has 0 amide bonds. The minimum absolute atomic E-state index is 0.107. The largest absolute Gasteiger partial charge is 0.243 e. The number of benzene rings is 1. The normalized spacial score (nSPS) is 18.0. The van der Waals surface area contributed by atoms with Gasteiger partial charge < -0.3 is 0 Å². The standard InChI is InChI=1S/C16H26N2O4S2/c1-5-10-23(19,20)17-6-8-18(9-7-17)24(21,22)16-12-14(3)13(2)11-15(16)4/h11-12H,5-10H2,1-4H3. The molecule has 0 aromatic heterocycles. The first-order valence-electron chi connectivity index (χ1n) is 8.15. The molecule has 0 atom stereocenters. The highest BCUT2D eigenvalue weighted by Crippen LogP contribution is 2.24. The molecule has 2 rings (SSSR count). The fraction of sp³-hybridized carbons (Fsp3) is 0.625. The van der Waals surface area contributed by atoms with Crippen LogP contribution in [-0.4, -0.2) is 57.4 Å². The molecule has 0 radical (unpaired) electrons. The van der Waals surface area contributed by atoms with E-state index in [-0.39, 0.29) is 31.9 Å². The van der Waals surface area contributed by atoms with Crippen molar-refractivity contribution in [3.05, 3.63) is 28.8 Å². The predicted molar refractivity (Wildman–Crippen MR) is 95.1 cm³/mol. The van der Waals surface area contributed by atoms with Crippen molar-refractivity contribution in [1.82, 2.24) is 8.61 Å². The van der Waals surface area contributed by atoms with Gasteiger partial charge in [-0.3, -0.25) is 0 Å². The Hall–Kier alpha value is -0.960. The molecule has 0 bridgehead atoms. The van der Waals surface area contributed by atoms with Gasteiger partial charge in [0.1, 0.15) is 0 Å². The summed E-state index contributed by atoms with van der Waals surface area (Å²) in [6, 6.07) is 3.59. The molecule has 0 spiro atoms. The molecule has 1 saturated heterocycles. The van der Waals surface area contributed by atoms with Gasteiger partial charge in [-0.1, -0.05) is 13.0 Å². The number of aryl methyl sites for hydroxylation is 3. The Morgan fingerprint density at radius 3 is 1.88 bits per heavy atom. The third kappa shape index (κ3) is 3.82. The number of nitrogens with zero attached hydrogens (tertiary/aromatic N) is 2. The van der Waals surface area contributed by atoms with Crippen LogP contribution in [0.3, 0.4) is 0 Å². The van der Waals surface area contributed by atoms with Crippen LogP contribution in [0, 0.1) is 20.8 Å². The van der Waals surface area contributed by atoms with E-state index in [0.717, 1.165) is 16.7 Å². The van der Waals surface area contributed by atoms with E-state index in [1.807, 2.05) is 26.8 Å². The summed E-state index contributed by atoms with van der Waals surface area (Å²) < 4.78 is 52.8. The Bertz CT molecular complexity index is 809. The number of rotatable bonds is 5. The van der Waals surface area contributed by atoms with E-state index in [1.54, 1.807) is 13.0 Å². The van der Waals surface area contributed by atoms with Crippen molar-refractivity contribution < 1.29 is 16.8 Å². The van der Waals surface area contributed by atoms with Gasteiger partial charge in [0, 0.05) is 26.2 Å². The van der Waals surface area contributed by atoms with E-state index in [4.69, 9.17) is 0 Å². The molecule has 0 aliphatic carbocycles. The zero-order chi connectivity index (χ0) is 18.1. The molecule has 0 N–H and O–H groups in total. The monoisotopic (exact) mass is 374 g/mol. The third-order valence-corrected chi connectivity index (χ3v) is 8.58. The van der Waals surface area contributed by atoms with E-state index in [9.17, 15) is 16.8 Å². The van der Waals surface area contributed by atoms with E-state index in [0.29, 0.717) is 11.3 Å². The highest BCUT2D eigenvalue weighted by Gasteiger charge is 2.33. The summed E-state index contributed by atoms with van der Waals surface area (Å²) >= 11 is 0. The molecule has 1 aromatic carbocycles. The fourth-order valence-corrected chi connectivity index (χ4v) is 6.13. The molecule has 1 aliphatic heterocycles. The Morgan fingerprint density at radius 2 is 1.33 bits per heavy atom. The van der Waals surface area contributed by atoms with Gasteiger partial charge in [-0.15, -0.1) is 0 Å². The third-order valence-electron chi connectivity index (χ3n) is 4.46. The fourth-order valence-electron chi connectivity index (χ4n) is 2.93. The van der Waals surface area contributed by atoms with Crippen LogP contribution in [0.5, 0.6) is 0 Å². The Morgan fingerprint density at radius 1 is 0.833 bits per heavy atom. The summed E-state index contributed by atoms with van der Waals surface area (Å²) in [6.07, 6.45) is 0.558. The van der Waals surface area contributed by atoms with Gasteiger partial charge in [-0.25, -0.2) is 16.8 Å². The van der Waals surface area contributed by atoms with Crippen molar-refractivity contribution in [3.8, 4) is 0 Å². The smallest absolute Gasteiger partial charge is 0.212 e. The lowest BCUT2D eigenvalue weighted by molar-refractivity contribution is 0.272. The van der Waals surface area contributed by atoms with Crippen molar-refractivity contribution in [1.29, 1.82) is 0 Å². The zero-order valence-electron chi connectivity index (χ0n) is 14.7. The lowest BCUT2D eigenvalue weighted by atomic mass is 10.1. The summed E-state index contributed by atoms with van der Waals surface area (Å²) in [4.78, 5) is 0.315. The number of sulfonamides is 2. The van der Waals surface area contributed by atoms with Crippen LogP contribution in [0.25, 0.3) is 0 Å². The molecule has 1 heterocycles. The summed E-state index contributed by atoms with van der Waals surface area (Å²) in [5.41, 5.74) is 2.71. The van der Waals surface area contributed by atoms with E-state index >= 15 is 0 Å². The van der Waals surface area contributed by atoms with Crippen LogP contribution in [0.1, 0.15) is 30.0 Å². The highest BCUT2D eigenvalue weighted by atomic mass is 32.2. The molecule has 1 fully saturated rings. The van der Waals surface area contributed by atoms with Crippen LogP contribution >= 0.6 is 0 Å². The molecule has 0 unspecified atom stereocenters. The van der Waals surface area contributed by atoms with Gasteiger partial charge >= 0.3 is 0 Å². The van der Waals surface area contributed by atoms with Gasteiger partial charge in [0.05, 0.1) is 10.6 Å². The number of hydrogen-bond acceptors (Lipinski definition) is 4. The van der Waals surface area contributed by atoms with E-state index in [1.165, 1.54) is 8.61 Å². The maximum absolute atomic E-state index is 12.9. The second-order valence-electron chi connectivity index (χ2n) is 6.32. The minimum atomic E-state index is -3.60. The number of piperazine rings is 1. The Kier molecular flexibility index (Phi) is 5.74. The SMILES string of the molecule is CCCS(=O)(=O)N1CCN(S(=O)(=O)c2cc(C)c(C)cc2C)CC1. The number of hydrogen-bond donors (Lipinski definition) is 0. The van der Waals surface area contributed by atoms with Crippen molar-refractivity contribution in [2.24, 2.45) is 0 Å². The van der Waals surface area contributed by atoms with Gasteiger partial charge in [-0.2, -0.15) is 8.61 Å². The highest BCUT2D eigenvalue weighted by molar-refractivity contribution is 7.89. The van der Waals surface area contributed by atoms with Crippen molar-refractivity contribution in [3.63, 3.8) is 0 Å². The summed E-state index contributed by atoms with van der Waals surface area (Å²) in [7, 11) is -6.88. The maximum Gasteiger partial charge on any atom is 0.243 e. The first kappa shape index (κ1) is 19.4. The Labute approximate surface area is 145 Å². The zero-order valence-corrected chi connectivity index (χ0v) is 16.4. The molecular formula is C16H26N2O4S2. The maximum atomic E-state index is 12.9. The quantitative estimate of drug-likeness (QED) is 0.785. The minimum Gasteiger partial charge on any atom is -0.212 e. The van der Waals surface area contributed by atoms with E-state index in [2.05, 4.69) is 0 Å². The molecule has 6 nitrogen and oxygen atoms in total. The molecule has 1 aliphatic rings. The van der Waals surface area contributed by atoms with Crippen molar-refractivity contribution in [2.45, 2.75) is 39.0 Å². The Balaban J connectivity index is 2.21. The van der Waals surface area contributed by atoms with Crippen LogP contribution in [0.2, 0.25) is 0 Å². The second-order valence-corrected chi connectivity index (χ2v) is 10.3. The molecule has 0 saturated carbocycles. The molecule has 136 valence electrons. The van der Waals surface area contributed by atoms with Gasteiger partial charge in [0.2, 0.25) is 20.0 Å². The molecule has 24 heavy (non-hydrogen) atoms. The van der Waals surface area contributed by atoms with Gasteiger partial charge in [0.25, 0.3) is 0 Å². The average Bonchev–Trinajstić information content (AvgIpc) is 2.51. The summed E-state index contributed by atoms with van der Waals surface area (Å²) in [5, 5.41) is 0. The van der Waals surface area contributed by atoms with Gasteiger partial charge in [0.15, 0.2) is 0 Å².